The number of hydrogen-bond acceptors (Lipinski definition) is 4. The first-order chi connectivity index (χ1) is 9.11. The number of nitrogens with two attached hydrogens (primary N) is 1. The minimum atomic E-state index is -0.399. The molecule has 0 aliphatic carbocycles. The average Bonchev–Trinajstić information content (AvgIpc) is 2.42. The van der Waals surface area contributed by atoms with Crippen molar-refractivity contribution in [3.05, 3.63) is 53.1 Å². The number of carbonyl (C=O) groups is 1. The van der Waals surface area contributed by atoms with Crippen LogP contribution in [0.1, 0.15) is 10.4 Å². The van der Waals surface area contributed by atoms with E-state index in [1.165, 1.54) is 18.9 Å². The number of methoxy groups -OCH3 is 1. The number of esters is 1. The largest absolute Gasteiger partial charge is 0.465 e. The van der Waals surface area contributed by atoms with Crippen LogP contribution in [0, 0.1) is 0 Å². The molecular weight excluding hydrogens is 282 g/mol. The number of anilines is 1. The molecule has 0 fully saturated rings. The van der Waals surface area contributed by atoms with Crippen LogP contribution in [0.2, 0.25) is 5.02 Å². The highest BCUT2D eigenvalue weighted by atomic mass is 35.5. The number of carbonyl (C=O) groups excluding carboxylic acids is 1. The smallest absolute Gasteiger partial charge is 0.339 e. The molecule has 0 atom stereocenters. The summed E-state index contributed by atoms with van der Waals surface area (Å²) in [7, 11) is 1.35. The molecule has 0 saturated heterocycles. The molecule has 98 valence electrons. The summed E-state index contributed by atoms with van der Waals surface area (Å²) in [4.78, 5) is 13.4. The van der Waals surface area contributed by atoms with Gasteiger partial charge in [0, 0.05) is 20.5 Å². The lowest BCUT2D eigenvalue weighted by Gasteiger charge is -2.10. The Kier molecular flexibility index (Phi) is 4.35. The van der Waals surface area contributed by atoms with Gasteiger partial charge in [0.1, 0.15) is 0 Å². The molecule has 2 aromatic rings. The van der Waals surface area contributed by atoms with Crippen LogP contribution in [0.25, 0.3) is 0 Å². The van der Waals surface area contributed by atoms with Crippen LogP contribution in [-0.4, -0.2) is 13.1 Å². The summed E-state index contributed by atoms with van der Waals surface area (Å²) in [6.45, 7) is 0. The Hall–Kier alpha value is -1.65. The fourth-order valence-electron chi connectivity index (χ4n) is 1.56. The number of ether oxygens (including phenoxy) is 1. The van der Waals surface area contributed by atoms with E-state index >= 15 is 0 Å². The third-order valence-electron chi connectivity index (χ3n) is 2.48. The first kappa shape index (κ1) is 13.8. The molecular formula is C14H12ClNO2S. The predicted molar refractivity (Wildman–Crippen MR) is 77.8 cm³/mol. The molecule has 0 aromatic heterocycles. The molecule has 2 rings (SSSR count). The SMILES string of the molecule is COC(=O)c1cccc(N)c1Sc1ccc(Cl)cc1. The molecule has 2 aromatic carbocycles. The lowest BCUT2D eigenvalue weighted by molar-refractivity contribution is 0.0597. The van der Waals surface area contributed by atoms with Crippen LogP contribution in [0.3, 0.4) is 0 Å². The molecule has 3 nitrogen and oxygen atoms in total. The van der Waals surface area contributed by atoms with Crippen molar-refractivity contribution in [3.8, 4) is 0 Å². The Balaban J connectivity index is 2.38. The van der Waals surface area contributed by atoms with E-state index in [1.807, 2.05) is 12.1 Å². The quantitative estimate of drug-likeness (QED) is 0.689. The van der Waals surface area contributed by atoms with Gasteiger partial charge >= 0.3 is 5.97 Å². The molecule has 0 heterocycles. The molecule has 0 unspecified atom stereocenters. The van der Waals surface area contributed by atoms with Crippen molar-refractivity contribution < 1.29 is 9.53 Å². The fourth-order valence-corrected chi connectivity index (χ4v) is 2.64. The highest BCUT2D eigenvalue weighted by Crippen LogP contribution is 2.35. The van der Waals surface area contributed by atoms with E-state index in [0.29, 0.717) is 21.2 Å². The summed E-state index contributed by atoms with van der Waals surface area (Å²) in [5.41, 5.74) is 6.94. The first-order valence-electron chi connectivity index (χ1n) is 5.52. The molecule has 0 saturated carbocycles. The van der Waals surface area contributed by atoms with Gasteiger partial charge in [-0.25, -0.2) is 4.79 Å². The van der Waals surface area contributed by atoms with Crippen LogP contribution in [-0.2, 0) is 4.74 Å². The normalized spacial score (nSPS) is 10.2. The second kappa shape index (κ2) is 5.99. The molecule has 2 N–H and O–H groups in total. The Labute approximate surface area is 120 Å². The Morgan fingerprint density at radius 3 is 2.53 bits per heavy atom. The third kappa shape index (κ3) is 3.22. The topological polar surface area (TPSA) is 52.3 Å². The van der Waals surface area contributed by atoms with Gasteiger partial charge in [0.25, 0.3) is 0 Å². The number of nitrogen functional groups attached to an aromatic ring is 1. The van der Waals surface area contributed by atoms with E-state index in [2.05, 4.69) is 0 Å². The molecule has 0 aliphatic heterocycles. The molecule has 0 amide bonds. The zero-order valence-electron chi connectivity index (χ0n) is 10.2. The zero-order chi connectivity index (χ0) is 13.8. The zero-order valence-corrected chi connectivity index (χ0v) is 11.8. The molecule has 5 heteroatoms. The second-order valence-corrected chi connectivity index (χ2v) is 5.29. The highest BCUT2D eigenvalue weighted by molar-refractivity contribution is 7.99. The Morgan fingerprint density at radius 1 is 1.21 bits per heavy atom. The average molecular weight is 294 g/mol. The summed E-state index contributed by atoms with van der Waals surface area (Å²) in [6, 6.07) is 12.5. The maximum atomic E-state index is 11.7. The Morgan fingerprint density at radius 2 is 1.89 bits per heavy atom. The first-order valence-corrected chi connectivity index (χ1v) is 6.71. The summed E-state index contributed by atoms with van der Waals surface area (Å²) in [5, 5.41) is 0.665. The van der Waals surface area contributed by atoms with Gasteiger partial charge in [-0.05, 0) is 36.4 Å². The maximum Gasteiger partial charge on any atom is 0.339 e. The second-order valence-electron chi connectivity index (χ2n) is 3.77. The van der Waals surface area contributed by atoms with E-state index in [-0.39, 0.29) is 0 Å². The van der Waals surface area contributed by atoms with E-state index in [4.69, 9.17) is 22.1 Å². The molecule has 0 radical (unpaired) electrons. The van der Waals surface area contributed by atoms with Crippen LogP contribution < -0.4 is 5.73 Å². The summed E-state index contributed by atoms with van der Waals surface area (Å²) in [6.07, 6.45) is 0. The molecule has 0 spiro atoms. The summed E-state index contributed by atoms with van der Waals surface area (Å²) >= 11 is 7.25. The van der Waals surface area contributed by atoms with Crippen LogP contribution in [0.5, 0.6) is 0 Å². The molecule has 19 heavy (non-hydrogen) atoms. The summed E-state index contributed by atoms with van der Waals surface area (Å²) in [5.74, 6) is -0.399. The maximum absolute atomic E-state index is 11.7. The van der Waals surface area contributed by atoms with Gasteiger partial charge in [0.05, 0.1) is 12.7 Å². The minimum absolute atomic E-state index is 0.399. The van der Waals surface area contributed by atoms with Crippen LogP contribution in [0.15, 0.2) is 52.3 Å². The monoisotopic (exact) mass is 293 g/mol. The summed E-state index contributed by atoms with van der Waals surface area (Å²) < 4.78 is 4.76. The van der Waals surface area contributed by atoms with Crippen molar-refractivity contribution in [2.24, 2.45) is 0 Å². The van der Waals surface area contributed by atoms with Crippen LogP contribution >= 0.6 is 23.4 Å². The standard InChI is InChI=1S/C14H12ClNO2S/c1-18-14(17)11-3-2-4-12(16)13(11)19-10-7-5-9(15)6-8-10/h2-8H,16H2,1H3. The fraction of sp³-hybridized carbons (Fsp3) is 0.0714. The number of benzene rings is 2. The van der Waals surface area contributed by atoms with Gasteiger partial charge in [0.15, 0.2) is 0 Å². The van der Waals surface area contributed by atoms with Crippen molar-refractivity contribution >= 4 is 35.0 Å². The van der Waals surface area contributed by atoms with Gasteiger partial charge in [-0.15, -0.1) is 0 Å². The lowest BCUT2D eigenvalue weighted by atomic mass is 10.2. The highest BCUT2D eigenvalue weighted by Gasteiger charge is 2.15. The van der Waals surface area contributed by atoms with Crippen molar-refractivity contribution in [1.82, 2.24) is 0 Å². The van der Waals surface area contributed by atoms with E-state index in [9.17, 15) is 4.79 Å². The number of halogens is 1. The van der Waals surface area contributed by atoms with Crippen molar-refractivity contribution in [2.75, 3.05) is 12.8 Å². The van der Waals surface area contributed by atoms with Gasteiger partial charge in [-0.1, -0.05) is 29.4 Å². The predicted octanol–water partition coefficient (Wildman–Crippen LogP) is 3.86. The number of hydrogen-bond donors (Lipinski definition) is 1. The van der Waals surface area contributed by atoms with E-state index < -0.39 is 5.97 Å². The van der Waals surface area contributed by atoms with Crippen LogP contribution in [0.4, 0.5) is 5.69 Å². The Bertz CT molecular complexity index is 599. The molecule has 0 bridgehead atoms. The lowest BCUT2D eigenvalue weighted by Crippen LogP contribution is -2.04. The molecule has 0 aliphatic rings. The van der Waals surface area contributed by atoms with E-state index in [0.717, 1.165) is 4.90 Å². The van der Waals surface area contributed by atoms with Gasteiger partial charge in [0.2, 0.25) is 0 Å². The van der Waals surface area contributed by atoms with Gasteiger partial charge in [-0.3, -0.25) is 0 Å². The number of rotatable bonds is 3. The van der Waals surface area contributed by atoms with Crippen molar-refractivity contribution in [3.63, 3.8) is 0 Å². The van der Waals surface area contributed by atoms with E-state index in [1.54, 1.807) is 30.3 Å². The van der Waals surface area contributed by atoms with Crippen molar-refractivity contribution in [2.45, 2.75) is 9.79 Å². The minimum Gasteiger partial charge on any atom is -0.465 e. The van der Waals surface area contributed by atoms with Crippen molar-refractivity contribution in [1.29, 1.82) is 0 Å². The van der Waals surface area contributed by atoms with Gasteiger partial charge < -0.3 is 10.5 Å². The third-order valence-corrected chi connectivity index (χ3v) is 3.90. The van der Waals surface area contributed by atoms with Gasteiger partial charge in [-0.2, -0.15) is 0 Å².